The summed E-state index contributed by atoms with van der Waals surface area (Å²) in [6.07, 6.45) is 5.98. The van der Waals surface area contributed by atoms with Crippen LogP contribution in [0.15, 0.2) is 121 Å². The van der Waals surface area contributed by atoms with E-state index in [-0.39, 0.29) is 47.8 Å². The normalized spacial score (nSPS) is 19.8. The zero-order valence-corrected chi connectivity index (χ0v) is 39.3. The summed E-state index contributed by atoms with van der Waals surface area (Å²) in [5.41, 5.74) is 7.57. The molecule has 324 valence electrons. The van der Waals surface area contributed by atoms with Crippen LogP contribution in [0.3, 0.4) is 0 Å². The van der Waals surface area contributed by atoms with Crippen LogP contribution in [0, 0.1) is 22.7 Å². The minimum atomic E-state index is -0.441. The highest BCUT2D eigenvalue weighted by Gasteiger charge is 2.47. The SMILES string of the molecule is CC1CC(C)(C)CC(c2cc(Cl)c(O)c(Cl)c2)(c2cc(Cl)c(O)c(Cl)c2)C1.CC1CC(C)(C)CC(c2ccc(O)c(-c3ccccc3)c2)(c2ccc(O)c(-c3ccccc3)c2)C1. The van der Waals surface area contributed by atoms with E-state index >= 15 is 0 Å². The number of aromatic hydroxyl groups is 4. The molecule has 0 bridgehead atoms. The molecule has 4 nitrogen and oxygen atoms in total. The topological polar surface area (TPSA) is 80.9 Å². The molecule has 6 aromatic rings. The van der Waals surface area contributed by atoms with Crippen molar-refractivity contribution in [1.82, 2.24) is 0 Å². The van der Waals surface area contributed by atoms with E-state index < -0.39 is 5.41 Å². The minimum absolute atomic E-state index is 0.0609. The second-order valence-electron chi connectivity index (χ2n) is 19.6. The molecule has 0 saturated heterocycles. The van der Waals surface area contributed by atoms with E-state index in [1.54, 1.807) is 24.3 Å². The van der Waals surface area contributed by atoms with E-state index in [4.69, 9.17) is 46.4 Å². The second-order valence-corrected chi connectivity index (χ2v) is 21.3. The zero-order chi connectivity index (χ0) is 44.8. The van der Waals surface area contributed by atoms with Gasteiger partial charge in [-0.05, 0) is 143 Å². The molecule has 0 aromatic heterocycles. The van der Waals surface area contributed by atoms with Gasteiger partial charge in [0.25, 0.3) is 0 Å². The van der Waals surface area contributed by atoms with Crippen LogP contribution in [0.5, 0.6) is 23.0 Å². The van der Waals surface area contributed by atoms with E-state index in [2.05, 4.69) is 65.8 Å². The number of halogens is 4. The molecule has 0 spiro atoms. The van der Waals surface area contributed by atoms with Gasteiger partial charge in [0.15, 0.2) is 11.5 Å². The van der Waals surface area contributed by atoms with Crippen LogP contribution in [0.2, 0.25) is 20.1 Å². The largest absolute Gasteiger partial charge is 0.507 e. The zero-order valence-electron chi connectivity index (χ0n) is 36.2. The molecule has 2 aliphatic rings. The quantitative estimate of drug-likeness (QED) is 0.134. The molecule has 8 rings (SSSR count). The first-order valence-electron chi connectivity index (χ1n) is 21.4. The Hall–Kier alpha value is -4.32. The Balaban J connectivity index is 0.000000193. The Morgan fingerprint density at radius 1 is 0.419 bits per heavy atom. The first kappa shape index (κ1) is 45.7. The Kier molecular flexibility index (Phi) is 13.0. The van der Waals surface area contributed by atoms with E-state index in [1.807, 2.05) is 72.8 Å². The highest BCUT2D eigenvalue weighted by Crippen LogP contribution is 2.57. The third-order valence-electron chi connectivity index (χ3n) is 13.2. The van der Waals surface area contributed by atoms with Crippen LogP contribution < -0.4 is 0 Å². The highest BCUT2D eigenvalue weighted by atomic mass is 35.5. The Morgan fingerprint density at radius 3 is 1.06 bits per heavy atom. The Bertz CT molecular complexity index is 2380. The van der Waals surface area contributed by atoms with Crippen LogP contribution in [0.1, 0.15) is 102 Å². The maximum atomic E-state index is 10.8. The highest BCUT2D eigenvalue weighted by molar-refractivity contribution is 6.37. The molecule has 0 amide bonds. The van der Waals surface area contributed by atoms with Crippen molar-refractivity contribution in [3.05, 3.63) is 164 Å². The maximum Gasteiger partial charge on any atom is 0.152 e. The Morgan fingerprint density at radius 2 is 0.742 bits per heavy atom. The van der Waals surface area contributed by atoms with Gasteiger partial charge in [0.2, 0.25) is 0 Å². The summed E-state index contributed by atoms with van der Waals surface area (Å²) in [5.74, 6) is 1.33. The van der Waals surface area contributed by atoms with Crippen molar-refractivity contribution in [2.24, 2.45) is 22.7 Å². The van der Waals surface area contributed by atoms with Crippen LogP contribution in [-0.4, -0.2) is 20.4 Å². The molecular formula is C54H56Cl4O4. The minimum Gasteiger partial charge on any atom is -0.507 e. The predicted octanol–water partition coefficient (Wildman–Crippen LogP) is 16.4. The summed E-state index contributed by atoms with van der Waals surface area (Å²) >= 11 is 25.0. The average molecular weight is 911 g/mol. The summed E-state index contributed by atoms with van der Waals surface area (Å²) in [5, 5.41) is 42.5. The number of phenols is 4. The first-order chi connectivity index (χ1) is 29.2. The van der Waals surface area contributed by atoms with Crippen molar-refractivity contribution in [3.8, 4) is 45.3 Å². The molecule has 2 saturated carbocycles. The summed E-state index contributed by atoms with van der Waals surface area (Å²) in [6.45, 7) is 13.8. The third kappa shape index (κ3) is 9.32. The smallest absolute Gasteiger partial charge is 0.152 e. The fraction of sp³-hybridized carbons (Fsp3) is 0.333. The van der Waals surface area contributed by atoms with Gasteiger partial charge in [0, 0.05) is 22.0 Å². The van der Waals surface area contributed by atoms with Crippen molar-refractivity contribution in [1.29, 1.82) is 0 Å². The van der Waals surface area contributed by atoms with Crippen LogP contribution >= 0.6 is 46.4 Å². The van der Waals surface area contributed by atoms with Gasteiger partial charge in [-0.1, -0.05) is 161 Å². The fourth-order valence-electron chi connectivity index (χ4n) is 11.4. The summed E-state index contributed by atoms with van der Waals surface area (Å²) in [4.78, 5) is 0. The fourth-order valence-corrected chi connectivity index (χ4v) is 12.4. The van der Waals surface area contributed by atoms with E-state index in [0.29, 0.717) is 23.3 Å². The van der Waals surface area contributed by atoms with Gasteiger partial charge in [0.1, 0.15) is 11.5 Å². The molecule has 2 atom stereocenters. The summed E-state index contributed by atoms with van der Waals surface area (Å²) in [7, 11) is 0. The molecule has 0 radical (unpaired) electrons. The molecule has 8 heteroatoms. The lowest BCUT2D eigenvalue weighted by Crippen LogP contribution is -2.41. The van der Waals surface area contributed by atoms with Crippen molar-refractivity contribution in [2.45, 2.75) is 90.9 Å². The van der Waals surface area contributed by atoms with Gasteiger partial charge < -0.3 is 20.4 Å². The van der Waals surface area contributed by atoms with E-state index in [0.717, 1.165) is 65.5 Å². The van der Waals surface area contributed by atoms with Gasteiger partial charge in [-0.2, -0.15) is 0 Å². The Labute approximate surface area is 387 Å². The second kappa shape index (κ2) is 17.7. The lowest BCUT2D eigenvalue weighted by Gasteiger charge is -2.49. The van der Waals surface area contributed by atoms with Gasteiger partial charge in [-0.15, -0.1) is 0 Å². The molecular weight excluding hydrogens is 854 g/mol. The maximum absolute atomic E-state index is 10.8. The number of hydrogen-bond donors (Lipinski definition) is 4. The van der Waals surface area contributed by atoms with Crippen molar-refractivity contribution in [3.63, 3.8) is 0 Å². The number of benzene rings is 6. The number of rotatable bonds is 6. The lowest BCUT2D eigenvalue weighted by atomic mass is 9.55. The monoisotopic (exact) mass is 908 g/mol. The average Bonchev–Trinajstić information content (AvgIpc) is 3.21. The molecule has 2 aliphatic carbocycles. The number of phenolic OH excluding ortho intramolecular Hbond substituents is 4. The van der Waals surface area contributed by atoms with Crippen molar-refractivity contribution >= 4 is 46.4 Å². The number of hydrogen-bond acceptors (Lipinski definition) is 4. The van der Waals surface area contributed by atoms with Crippen molar-refractivity contribution < 1.29 is 20.4 Å². The van der Waals surface area contributed by atoms with Crippen LogP contribution in [0.4, 0.5) is 0 Å². The van der Waals surface area contributed by atoms with Gasteiger partial charge in [0.05, 0.1) is 20.1 Å². The first-order valence-corrected chi connectivity index (χ1v) is 22.9. The summed E-state index contributed by atoms with van der Waals surface area (Å²) < 4.78 is 0. The van der Waals surface area contributed by atoms with Gasteiger partial charge >= 0.3 is 0 Å². The lowest BCUT2D eigenvalue weighted by molar-refractivity contribution is 0.126. The molecule has 0 aliphatic heterocycles. The molecule has 4 N–H and O–H groups in total. The van der Waals surface area contributed by atoms with Crippen molar-refractivity contribution in [2.75, 3.05) is 0 Å². The third-order valence-corrected chi connectivity index (χ3v) is 14.3. The predicted molar refractivity (Wildman–Crippen MR) is 258 cm³/mol. The summed E-state index contributed by atoms with van der Waals surface area (Å²) in [6, 6.07) is 39.6. The molecule has 0 heterocycles. The van der Waals surface area contributed by atoms with Gasteiger partial charge in [-0.25, -0.2) is 0 Å². The molecule has 62 heavy (non-hydrogen) atoms. The van der Waals surface area contributed by atoms with Crippen LogP contribution in [-0.2, 0) is 10.8 Å². The van der Waals surface area contributed by atoms with Gasteiger partial charge in [-0.3, -0.25) is 0 Å². The standard InChI is InChI=1S/C33H34O2.C21H22Cl4O2/c1-23-20-32(2,3)22-33(21-23,26-14-16-30(34)28(18-26)24-10-6-4-7-11-24)27-15-17-31(35)29(19-27)25-12-8-5-9-13-25;1-11-8-20(2,3)10-21(9-11,12-4-14(22)18(26)15(23)5-12)13-6-16(24)19(27)17(25)7-13/h4-19,23,34-35H,20-22H2,1-3H3;4-7,11,26-27H,8-10H2,1-3H3. The molecule has 2 unspecified atom stereocenters. The molecule has 2 fully saturated rings. The van der Waals surface area contributed by atoms with E-state index in [1.165, 1.54) is 17.5 Å². The molecule has 6 aromatic carbocycles. The van der Waals surface area contributed by atoms with E-state index in [9.17, 15) is 20.4 Å². The van der Waals surface area contributed by atoms with Crippen LogP contribution in [0.25, 0.3) is 22.3 Å².